The minimum atomic E-state index is -0.322. The van der Waals surface area contributed by atoms with E-state index in [4.69, 9.17) is 5.73 Å². The quantitative estimate of drug-likeness (QED) is 0.841. The molecule has 3 heteroatoms. The number of nitrogens with one attached hydrogen (secondary N) is 1. The topological polar surface area (TPSA) is 55.1 Å². The van der Waals surface area contributed by atoms with E-state index in [1.807, 2.05) is 31.2 Å². The Bertz CT molecular complexity index is 376. The van der Waals surface area contributed by atoms with Gasteiger partial charge in [0.25, 0.3) is 0 Å². The highest BCUT2D eigenvalue weighted by Crippen LogP contribution is 2.23. The molecule has 3 nitrogen and oxygen atoms in total. The Labute approximate surface area is 103 Å². The van der Waals surface area contributed by atoms with Crippen LogP contribution in [0, 0.1) is 12.3 Å². The molecule has 1 aromatic rings. The lowest BCUT2D eigenvalue weighted by atomic mass is 9.87. The zero-order valence-electron chi connectivity index (χ0n) is 11.1. The second kappa shape index (κ2) is 5.21. The summed E-state index contributed by atoms with van der Waals surface area (Å²) in [6, 6.07) is 7.63. The molecule has 0 saturated heterocycles. The van der Waals surface area contributed by atoms with E-state index in [1.165, 1.54) is 5.56 Å². The molecule has 1 aromatic carbocycles. The molecule has 94 valence electrons. The zero-order valence-corrected chi connectivity index (χ0v) is 11.1. The molecule has 0 heterocycles. The Kier molecular flexibility index (Phi) is 4.16. The first-order chi connectivity index (χ1) is 7.78. The first-order valence-corrected chi connectivity index (χ1v) is 5.90. The van der Waals surface area contributed by atoms with Gasteiger partial charge in [-0.25, -0.2) is 0 Å². The van der Waals surface area contributed by atoms with Gasteiger partial charge >= 0.3 is 0 Å². The fourth-order valence-corrected chi connectivity index (χ4v) is 1.69. The number of benzene rings is 1. The minimum Gasteiger partial charge on any atom is -0.374 e. The maximum Gasteiger partial charge on any atom is 0.239 e. The van der Waals surface area contributed by atoms with Gasteiger partial charge in [0.05, 0.1) is 0 Å². The molecule has 1 atom stereocenters. The van der Waals surface area contributed by atoms with Crippen molar-refractivity contribution in [2.45, 2.75) is 40.2 Å². The second-order valence-electron chi connectivity index (χ2n) is 5.73. The number of hydrogen-bond donors (Lipinski definition) is 2. The van der Waals surface area contributed by atoms with E-state index in [1.54, 1.807) is 0 Å². The summed E-state index contributed by atoms with van der Waals surface area (Å²) in [7, 11) is 0. The van der Waals surface area contributed by atoms with Crippen LogP contribution in [0.4, 0.5) is 5.69 Å². The molecule has 0 fully saturated rings. The van der Waals surface area contributed by atoms with Gasteiger partial charge in [-0.1, -0.05) is 38.5 Å². The summed E-state index contributed by atoms with van der Waals surface area (Å²) in [4.78, 5) is 11.4. The predicted molar refractivity (Wildman–Crippen MR) is 71.9 cm³/mol. The predicted octanol–water partition coefficient (Wildman–Crippen LogP) is 2.70. The van der Waals surface area contributed by atoms with Gasteiger partial charge in [-0.15, -0.1) is 0 Å². The van der Waals surface area contributed by atoms with Crippen LogP contribution in [0.1, 0.15) is 32.8 Å². The van der Waals surface area contributed by atoms with Gasteiger partial charge in [0.1, 0.15) is 6.04 Å². The van der Waals surface area contributed by atoms with Gasteiger partial charge in [-0.3, -0.25) is 4.79 Å². The highest BCUT2D eigenvalue weighted by atomic mass is 16.1. The fourth-order valence-electron chi connectivity index (χ4n) is 1.69. The maximum absolute atomic E-state index is 11.4. The third-order valence-electron chi connectivity index (χ3n) is 2.55. The number of primary amides is 1. The molecule has 17 heavy (non-hydrogen) atoms. The lowest BCUT2D eigenvalue weighted by Gasteiger charge is -2.25. The lowest BCUT2D eigenvalue weighted by molar-refractivity contribution is -0.119. The van der Waals surface area contributed by atoms with E-state index < -0.39 is 0 Å². The van der Waals surface area contributed by atoms with Crippen LogP contribution in [0.5, 0.6) is 0 Å². The Balaban J connectivity index is 2.73. The van der Waals surface area contributed by atoms with Gasteiger partial charge < -0.3 is 11.1 Å². The summed E-state index contributed by atoms with van der Waals surface area (Å²) in [5.74, 6) is -0.305. The van der Waals surface area contributed by atoms with E-state index in [0.29, 0.717) is 0 Å². The van der Waals surface area contributed by atoms with Crippen molar-refractivity contribution in [3.63, 3.8) is 0 Å². The normalized spacial score (nSPS) is 13.2. The smallest absolute Gasteiger partial charge is 0.239 e. The number of hydrogen-bond acceptors (Lipinski definition) is 2. The molecule has 3 N–H and O–H groups in total. The SMILES string of the molecule is Cc1ccc(NC(CC(C)(C)C)C(N)=O)cc1. The lowest BCUT2D eigenvalue weighted by Crippen LogP contribution is -2.38. The number of anilines is 1. The van der Waals surface area contributed by atoms with Crippen LogP contribution >= 0.6 is 0 Å². The maximum atomic E-state index is 11.4. The molecule has 1 unspecified atom stereocenters. The Morgan fingerprint density at radius 1 is 1.29 bits per heavy atom. The molecule has 0 bridgehead atoms. The Hall–Kier alpha value is -1.51. The van der Waals surface area contributed by atoms with Crippen molar-refractivity contribution < 1.29 is 4.79 Å². The number of nitrogens with two attached hydrogens (primary N) is 1. The van der Waals surface area contributed by atoms with E-state index in [-0.39, 0.29) is 17.4 Å². The van der Waals surface area contributed by atoms with Crippen molar-refractivity contribution in [3.8, 4) is 0 Å². The molecule has 0 spiro atoms. The van der Waals surface area contributed by atoms with E-state index in [9.17, 15) is 4.79 Å². The fraction of sp³-hybridized carbons (Fsp3) is 0.500. The van der Waals surface area contributed by atoms with E-state index >= 15 is 0 Å². The number of amides is 1. The highest BCUT2D eigenvalue weighted by Gasteiger charge is 2.22. The monoisotopic (exact) mass is 234 g/mol. The first kappa shape index (κ1) is 13.6. The Morgan fingerprint density at radius 2 is 1.82 bits per heavy atom. The van der Waals surface area contributed by atoms with Crippen LogP contribution < -0.4 is 11.1 Å². The summed E-state index contributed by atoms with van der Waals surface area (Å²) in [6.07, 6.45) is 0.718. The number of carbonyl (C=O) groups excluding carboxylic acids is 1. The molecule has 0 radical (unpaired) electrons. The molecule has 0 aliphatic rings. The average Bonchev–Trinajstić information content (AvgIpc) is 2.18. The molecule has 0 aromatic heterocycles. The van der Waals surface area contributed by atoms with Gasteiger partial charge in [-0.05, 0) is 30.9 Å². The molecule has 0 aliphatic heterocycles. The van der Waals surface area contributed by atoms with Crippen molar-refractivity contribution >= 4 is 11.6 Å². The highest BCUT2D eigenvalue weighted by molar-refractivity contribution is 5.83. The minimum absolute atomic E-state index is 0.0669. The van der Waals surface area contributed by atoms with Crippen molar-refractivity contribution in [1.82, 2.24) is 0 Å². The summed E-state index contributed by atoms with van der Waals surface area (Å²) in [6.45, 7) is 8.32. The standard InChI is InChI=1S/C14H22N2O/c1-10-5-7-11(8-6-10)16-12(13(15)17)9-14(2,3)4/h5-8,12,16H,9H2,1-4H3,(H2,15,17). The summed E-state index contributed by atoms with van der Waals surface area (Å²) in [5, 5.41) is 3.19. The molecule has 0 aliphatic carbocycles. The third-order valence-corrected chi connectivity index (χ3v) is 2.55. The van der Waals surface area contributed by atoms with Crippen molar-refractivity contribution in [2.75, 3.05) is 5.32 Å². The van der Waals surface area contributed by atoms with E-state index in [2.05, 4.69) is 26.1 Å². The number of aryl methyl sites for hydroxylation is 1. The number of rotatable bonds is 4. The van der Waals surface area contributed by atoms with Gasteiger partial charge in [0.2, 0.25) is 5.91 Å². The number of carbonyl (C=O) groups is 1. The summed E-state index contributed by atoms with van der Waals surface area (Å²) in [5.41, 5.74) is 7.62. The zero-order chi connectivity index (χ0) is 13.1. The van der Waals surface area contributed by atoms with Crippen LogP contribution in [0.25, 0.3) is 0 Å². The van der Waals surface area contributed by atoms with Crippen molar-refractivity contribution in [3.05, 3.63) is 29.8 Å². The first-order valence-electron chi connectivity index (χ1n) is 5.90. The summed E-state index contributed by atoms with van der Waals surface area (Å²) >= 11 is 0. The van der Waals surface area contributed by atoms with Crippen LogP contribution in [-0.2, 0) is 4.79 Å². The van der Waals surface area contributed by atoms with Crippen LogP contribution in [0.2, 0.25) is 0 Å². The summed E-state index contributed by atoms with van der Waals surface area (Å²) < 4.78 is 0. The molecular weight excluding hydrogens is 212 g/mol. The largest absolute Gasteiger partial charge is 0.374 e. The van der Waals surface area contributed by atoms with Gasteiger partial charge in [0.15, 0.2) is 0 Å². The molecule has 1 amide bonds. The van der Waals surface area contributed by atoms with Gasteiger partial charge in [0, 0.05) is 5.69 Å². The van der Waals surface area contributed by atoms with Crippen molar-refractivity contribution in [2.24, 2.45) is 11.1 Å². The average molecular weight is 234 g/mol. The molecule has 0 saturated carbocycles. The van der Waals surface area contributed by atoms with E-state index in [0.717, 1.165) is 12.1 Å². The molecular formula is C14H22N2O. The van der Waals surface area contributed by atoms with Crippen LogP contribution in [0.15, 0.2) is 24.3 Å². The Morgan fingerprint density at radius 3 is 2.24 bits per heavy atom. The van der Waals surface area contributed by atoms with Crippen LogP contribution in [0.3, 0.4) is 0 Å². The van der Waals surface area contributed by atoms with Crippen LogP contribution in [-0.4, -0.2) is 11.9 Å². The second-order valence-corrected chi connectivity index (χ2v) is 5.73. The third kappa shape index (κ3) is 4.89. The van der Waals surface area contributed by atoms with Gasteiger partial charge in [-0.2, -0.15) is 0 Å². The van der Waals surface area contributed by atoms with Crippen molar-refractivity contribution in [1.29, 1.82) is 0 Å². The molecule has 1 rings (SSSR count).